The van der Waals surface area contributed by atoms with Gasteiger partial charge in [0.15, 0.2) is 11.5 Å². The molecule has 0 saturated carbocycles. The second kappa shape index (κ2) is 5.52. The van der Waals surface area contributed by atoms with E-state index in [2.05, 4.69) is 0 Å². The molecule has 2 aromatic carbocycles. The maximum absolute atomic E-state index is 13.2. The molecule has 0 amide bonds. The monoisotopic (exact) mass is 289 g/mol. The van der Waals surface area contributed by atoms with E-state index in [-0.39, 0.29) is 11.9 Å². The van der Waals surface area contributed by atoms with Crippen molar-refractivity contribution in [3.63, 3.8) is 0 Å². The summed E-state index contributed by atoms with van der Waals surface area (Å²) >= 11 is 0. The second-order valence-electron chi connectivity index (χ2n) is 4.92. The molecule has 0 saturated heterocycles. The van der Waals surface area contributed by atoms with Crippen molar-refractivity contribution in [2.75, 3.05) is 19.5 Å². The molecule has 0 spiro atoms. The number of fused-ring (bicyclic) bond motifs is 1. The molecule has 21 heavy (non-hydrogen) atoms. The first-order valence-electron chi connectivity index (χ1n) is 6.67. The molecule has 1 unspecified atom stereocenters. The third-order valence-electron chi connectivity index (χ3n) is 3.38. The number of rotatable bonds is 4. The highest BCUT2D eigenvalue weighted by Gasteiger charge is 2.24. The zero-order valence-corrected chi connectivity index (χ0v) is 11.6. The zero-order chi connectivity index (χ0) is 14.8. The summed E-state index contributed by atoms with van der Waals surface area (Å²) in [6, 6.07) is 9.74. The van der Waals surface area contributed by atoms with Crippen molar-refractivity contribution in [2.24, 2.45) is 0 Å². The van der Waals surface area contributed by atoms with Gasteiger partial charge < -0.3 is 19.9 Å². The summed E-state index contributed by atoms with van der Waals surface area (Å²) in [5.41, 5.74) is 7.21. The van der Waals surface area contributed by atoms with Crippen molar-refractivity contribution in [1.82, 2.24) is 0 Å². The molecule has 5 heteroatoms. The number of hydrogen-bond donors (Lipinski definition) is 1. The smallest absolute Gasteiger partial charge is 0.163 e. The Morgan fingerprint density at radius 1 is 1.24 bits per heavy atom. The van der Waals surface area contributed by atoms with E-state index in [1.54, 1.807) is 31.4 Å². The summed E-state index contributed by atoms with van der Waals surface area (Å²) in [5, 5.41) is 0. The van der Waals surface area contributed by atoms with Crippen molar-refractivity contribution in [2.45, 2.75) is 12.5 Å². The predicted octanol–water partition coefficient (Wildman–Crippen LogP) is 2.80. The van der Waals surface area contributed by atoms with Crippen LogP contribution in [0, 0.1) is 5.82 Å². The first-order valence-corrected chi connectivity index (χ1v) is 6.67. The number of benzene rings is 2. The molecule has 1 heterocycles. The van der Waals surface area contributed by atoms with Crippen LogP contribution in [0.15, 0.2) is 36.4 Å². The van der Waals surface area contributed by atoms with Crippen molar-refractivity contribution in [1.29, 1.82) is 0 Å². The molecule has 110 valence electrons. The van der Waals surface area contributed by atoms with Gasteiger partial charge in [0.25, 0.3) is 0 Å². The van der Waals surface area contributed by atoms with Gasteiger partial charge in [-0.25, -0.2) is 4.39 Å². The molecule has 4 nitrogen and oxygen atoms in total. The highest BCUT2D eigenvalue weighted by molar-refractivity contribution is 5.52. The average molecular weight is 289 g/mol. The van der Waals surface area contributed by atoms with Crippen LogP contribution in [-0.4, -0.2) is 19.8 Å². The van der Waals surface area contributed by atoms with E-state index < -0.39 is 0 Å². The van der Waals surface area contributed by atoms with Crippen LogP contribution in [0.4, 0.5) is 10.1 Å². The van der Waals surface area contributed by atoms with Crippen molar-refractivity contribution in [3.05, 3.63) is 47.8 Å². The lowest BCUT2D eigenvalue weighted by atomic mass is 10.1. The summed E-state index contributed by atoms with van der Waals surface area (Å²) in [5.74, 6) is 1.65. The highest BCUT2D eigenvalue weighted by Crippen LogP contribution is 2.32. The number of nitrogens with two attached hydrogens (primary N) is 1. The van der Waals surface area contributed by atoms with Crippen molar-refractivity contribution >= 4 is 5.69 Å². The minimum Gasteiger partial charge on any atom is -0.493 e. The Bertz CT molecular complexity index is 660. The number of anilines is 1. The fourth-order valence-corrected chi connectivity index (χ4v) is 2.37. The number of halogens is 1. The first-order chi connectivity index (χ1) is 10.2. The van der Waals surface area contributed by atoms with Gasteiger partial charge in [-0.05, 0) is 30.3 Å². The Morgan fingerprint density at radius 3 is 2.90 bits per heavy atom. The highest BCUT2D eigenvalue weighted by atomic mass is 19.1. The lowest BCUT2D eigenvalue weighted by molar-refractivity contribution is 0.146. The lowest BCUT2D eigenvalue weighted by Gasteiger charge is -2.15. The largest absolute Gasteiger partial charge is 0.493 e. The molecule has 0 aliphatic carbocycles. The van der Waals surface area contributed by atoms with Crippen LogP contribution >= 0.6 is 0 Å². The molecule has 1 atom stereocenters. The van der Waals surface area contributed by atoms with E-state index in [1.807, 2.05) is 0 Å². The molecule has 2 N–H and O–H groups in total. The quantitative estimate of drug-likeness (QED) is 0.879. The Labute approximate surface area is 122 Å². The SMILES string of the molecule is COc1ccc(N)cc1OCC1Cc2cc(F)ccc2O1. The standard InChI is InChI=1S/C16H16FNO3/c1-19-15-5-3-12(18)8-16(15)20-9-13-7-10-6-11(17)2-4-14(10)21-13/h2-6,8,13H,7,9,18H2,1H3. The molecule has 0 aromatic heterocycles. The molecule has 0 fully saturated rings. The fraction of sp³-hybridized carbons (Fsp3) is 0.250. The van der Waals surface area contributed by atoms with Crippen molar-refractivity contribution in [3.8, 4) is 17.2 Å². The molecular formula is C16H16FNO3. The maximum atomic E-state index is 13.2. The molecule has 0 radical (unpaired) electrons. The van der Waals surface area contributed by atoms with E-state index in [0.29, 0.717) is 36.0 Å². The van der Waals surface area contributed by atoms with Crippen LogP contribution in [-0.2, 0) is 6.42 Å². The van der Waals surface area contributed by atoms with Gasteiger partial charge in [-0.1, -0.05) is 0 Å². The van der Waals surface area contributed by atoms with Crippen molar-refractivity contribution < 1.29 is 18.6 Å². The normalized spacial score (nSPS) is 16.2. The van der Waals surface area contributed by atoms with E-state index >= 15 is 0 Å². The Balaban J connectivity index is 1.66. The topological polar surface area (TPSA) is 53.7 Å². The molecule has 0 bridgehead atoms. The molecule has 3 rings (SSSR count). The minimum absolute atomic E-state index is 0.145. The summed E-state index contributed by atoms with van der Waals surface area (Å²) < 4.78 is 29.8. The number of methoxy groups -OCH3 is 1. The third kappa shape index (κ3) is 2.86. The molecular weight excluding hydrogens is 273 g/mol. The van der Waals surface area contributed by atoms with Gasteiger partial charge in [-0.2, -0.15) is 0 Å². The number of nitrogen functional groups attached to an aromatic ring is 1. The molecule has 1 aliphatic heterocycles. The number of hydrogen-bond acceptors (Lipinski definition) is 4. The summed E-state index contributed by atoms with van der Waals surface area (Å²) in [6.45, 7) is 0.343. The van der Waals surface area contributed by atoms with Gasteiger partial charge in [0.1, 0.15) is 24.3 Å². The van der Waals surface area contributed by atoms with E-state index in [9.17, 15) is 4.39 Å². The second-order valence-corrected chi connectivity index (χ2v) is 4.92. The van der Waals surface area contributed by atoms with Gasteiger partial charge in [-0.15, -0.1) is 0 Å². The lowest BCUT2D eigenvalue weighted by Crippen LogP contribution is -2.22. The van der Waals surface area contributed by atoms with Gasteiger partial charge in [-0.3, -0.25) is 0 Å². The summed E-state index contributed by atoms with van der Waals surface area (Å²) in [4.78, 5) is 0. The van der Waals surface area contributed by atoms with Crippen LogP contribution in [0.25, 0.3) is 0 Å². The Kier molecular flexibility index (Phi) is 3.56. The molecule has 2 aromatic rings. The van der Waals surface area contributed by atoms with Gasteiger partial charge in [0.05, 0.1) is 7.11 Å². The maximum Gasteiger partial charge on any atom is 0.163 e. The van der Waals surface area contributed by atoms with Crippen LogP contribution in [0.2, 0.25) is 0 Å². The minimum atomic E-state index is -0.253. The number of ether oxygens (including phenoxy) is 3. The first kappa shape index (κ1) is 13.5. The van der Waals surface area contributed by atoms with Crippen LogP contribution in [0.1, 0.15) is 5.56 Å². The van der Waals surface area contributed by atoms with E-state index in [0.717, 1.165) is 5.56 Å². The Morgan fingerprint density at radius 2 is 2.10 bits per heavy atom. The van der Waals surface area contributed by atoms with Gasteiger partial charge in [0, 0.05) is 23.7 Å². The summed E-state index contributed by atoms with van der Waals surface area (Å²) in [7, 11) is 1.57. The molecule has 1 aliphatic rings. The predicted molar refractivity (Wildman–Crippen MR) is 77.4 cm³/mol. The van der Waals surface area contributed by atoms with E-state index in [4.69, 9.17) is 19.9 Å². The Hall–Kier alpha value is -2.43. The van der Waals surface area contributed by atoms with E-state index in [1.165, 1.54) is 12.1 Å². The fourth-order valence-electron chi connectivity index (χ4n) is 2.37. The summed E-state index contributed by atoms with van der Waals surface area (Å²) in [6.07, 6.45) is 0.477. The van der Waals surface area contributed by atoms with Crippen LogP contribution in [0.5, 0.6) is 17.2 Å². The average Bonchev–Trinajstić information content (AvgIpc) is 2.87. The van der Waals surface area contributed by atoms with Gasteiger partial charge >= 0.3 is 0 Å². The van der Waals surface area contributed by atoms with Crippen LogP contribution in [0.3, 0.4) is 0 Å². The van der Waals surface area contributed by atoms with Crippen LogP contribution < -0.4 is 19.9 Å². The zero-order valence-electron chi connectivity index (χ0n) is 11.6. The van der Waals surface area contributed by atoms with Gasteiger partial charge in [0.2, 0.25) is 0 Å². The third-order valence-corrected chi connectivity index (χ3v) is 3.38.